The van der Waals surface area contributed by atoms with Gasteiger partial charge in [0.2, 0.25) is 0 Å². The van der Waals surface area contributed by atoms with Gasteiger partial charge in [-0.3, -0.25) is 4.90 Å². The Kier molecular flexibility index (Phi) is 4.19. The van der Waals surface area contributed by atoms with Crippen molar-refractivity contribution in [1.29, 1.82) is 0 Å². The van der Waals surface area contributed by atoms with Crippen LogP contribution in [0.1, 0.15) is 43.7 Å². The molecule has 4 nitrogen and oxygen atoms in total. The van der Waals surface area contributed by atoms with E-state index in [-0.39, 0.29) is 5.63 Å². The summed E-state index contributed by atoms with van der Waals surface area (Å²) in [5.41, 5.74) is 2.77. The second-order valence-corrected chi connectivity index (χ2v) is 7.35. The van der Waals surface area contributed by atoms with Gasteiger partial charge < -0.3 is 9.52 Å². The minimum atomic E-state index is -0.265. The number of benzene rings is 1. The lowest BCUT2D eigenvalue weighted by Crippen LogP contribution is -2.43. The molecule has 3 atom stereocenters. The molecule has 0 saturated carbocycles. The van der Waals surface area contributed by atoms with Crippen molar-refractivity contribution in [2.24, 2.45) is 5.92 Å². The average molecular weight is 327 g/mol. The standard InChI is InChI=1S/C20H25NO3/c1-2-13-3-6-19-18(9-13)15(10-20(23)24-19)11-21-16-4-5-17(21)8-14(7-16)12-22/h3,6,9-10,14,16-17,22H,2,4-5,7-8,11-12H2,1H3/t14?,16-,17+. The van der Waals surface area contributed by atoms with Gasteiger partial charge in [0.15, 0.2) is 0 Å². The number of aliphatic hydroxyl groups excluding tert-OH is 1. The predicted molar refractivity (Wildman–Crippen MR) is 94.0 cm³/mol. The maximum atomic E-state index is 12.0. The van der Waals surface area contributed by atoms with Crippen LogP contribution in [0.25, 0.3) is 11.0 Å². The van der Waals surface area contributed by atoms with Crippen LogP contribution >= 0.6 is 0 Å². The molecule has 2 aliphatic rings. The van der Waals surface area contributed by atoms with Crippen LogP contribution in [0, 0.1) is 5.92 Å². The first-order valence-electron chi connectivity index (χ1n) is 9.10. The van der Waals surface area contributed by atoms with Crippen molar-refractivity contribution >= 4 is 11.0 Å². The van der Waals surface area contributed by atoms with Crippen molar-refractivity contribution < 1.29 is 9.52 Å². The molecule has 4 rings (SSSR count). The smallest absolute Gasteiger partial charge is 0.336 e. The first-order valence-corrected chi connectivity index (χ1v) is 9.10. The van der Waals surface area contributed by atoms with E-state index in [0.717, 1.165) is 36.8 Å². The van der Waals surface area contributed by atoms with E-state index < -0.39 is 0 Å². The van der Waals surface area contributed by atoms with Gasteiger partial charge in [-0.25, -0.2) is 4.79 Å². The third-order valence-electron chi connectivity index (χ3n) is 5.89. The molecule has 3 heterocycles. The summed E-state index contributed by atoms with van der Waals surface area (Å²) >= 11 is 0. The van der Waals surface area contributed by atoms with Crippen molar-refractivity contribution in [3.05, 3.63) is 45.8 Å². The zero-order valence-electron chi connectivity index (χ0n) is 14.2. The first-order chi connectivity index (χ1) is 11.7. The number of piperidine rings is 1. The third kappa shape index (κ3) is 2.78. The van der Waals surface area contributed by atoms with Gasteiger partial charge in [0.25, 0.3) is 0 Å². The van der Waals surface area contributed by atoms with Crippen LogP contribution < -0.4 is 5.63 Å². The van der Waals surface area contributed by atoms with Gasteiger partial charge in [0.1, 0.15) is 5.58 Å². The Labute approximate surface area is 142 Å². The van der Waals surface area contributed by atoms with E-state index in [1.54, 1.807) is 6.07 Å². The molecule has 24 heavy (non-hydrogen) atoms. The predicted octanol–water partition coefficient (Wildman–Crippen LogP) is 3.09. The SMILES string of the molecule is CCc1ccc2oc(=O)cc(CN3[C@@H]4CC[C@H]3CC(CO)C4)c2c1. The Morgan fingerprint density at radius 2 is 1.96 bits per heavy atom. The molecule has 2 fully saturated rings. The van der Waals surface area contributed by atoms with Crippen LogP contribution in [-0.2, 0) is 13.0 Å². The van der Waals surface area contributed by atoms with Crippen LogP contribution in [0.3, 0.4) is 0 Å². The van der Waals surface area contributed by atoms with Gasteiger partial charge in [-0.15, -0.1) is 0 Å². The van der Waals surface area contributed by atoms with Gasteiger partial charge in [-0.05, 0) is 61.3 Å². The second-order valence-electron chi connectivity index (χ2n) is 7.35. The minimum Gasteiger partial charge on any atom is -0.423 e. The van der Waals surface area contributed by atoms with E-state index in [0.29, 0.717) is 30.2 Å². The van der Waals surface area contributed by atoms with Crippen LogP contribution in [0.4, 0.5) is 0 Å². The normalized spacial score (nSPS) is 27.0. The highest BCUT2D eigenvalue weighted by molar-refractivity contribution is 5.80. The number of rotatable bonds is 4. The molecule has 0 aliphatic carbocycles. The van der Waals surface area contributed by atoms with Crippen LogP contribution in [-0.4, -0.2) is 28.7 Å². The van der Waals surface area contributed by atoms with E-state index in [9.17, 15) is 9.90 Å². The second kappa shape index (κ2) is 6.34. The Morgan fingerprint density at radius 3 is 2.62 bits per heavy atom. The molecule has 128 valence electrons. The fourth-order valence-electron chi connectivity index (χ4n) is 4.62. The molecule has 4 heteroatoms. The molecule has 2 aromatic rings. The largest absolute Gasteiger partial charge is 0.423 e. The number of aliphatic hydroxyl groups is 1. The summed E-state index contributed by atoms with van der Waals surface area (Å²) in [6.07, 6.45) is 5.54. The quantitative estimate of drug-likeness (QED) is 0.877. The fourth-order valence-corrected chi connectivity index (χ4v) is 4.62. The van der Waals surface area contributed by atoms with E-state index in [1.165, 1.54) is 18.4 Å². The van der Waals surface area contributed by atoms with Crippen LogP contribution in [0.5, 0.6) is 0 Å². The van der Waals surface area contributed by atoms with E-state index in [2.05, 4.69) is 17.9 Å². The van der Waals surface area contributed by atoms with Crippen molar-refractivity contribution in [3.63, 3.8) is 0 Å². The van der Waals surface area contributed by atoms with Crippen molar-refractivity contribution in [3.8, 4) is 0 Å². The molecule has 1 aromatic carbocycles. The lowest BCUT2D eigenvalue weighted by atomic mass is 9.91. The van der Waals surface area contributed by atoms with Gasteiger partial charge in [0, 0.05) is 36.7 Å². The lowest BCUT2D eigenvalue weighted by Gasteiger charge is -2.38. The summed E-state index contributed by atoms with van der Waals surface area (Å²) in [6, 6.07) is 8.86. The zero-order chi connectivity index (χ0) is 16.7. The third-order valence-corrected chi connectivity index (χ3v) is 5.89. The molecule has 0 radical (unpaired) electrons. The molecule has 1 unspecified atom stereocenters. The highest BCUT2D eigenvalue weighted by Gasteiger charge is 2.40. The molecular formula is C20H25NO3. The van der Waals surface area contributed by atoms with E-state index >= 15 is 0 Å². The number of hydrogen-bond donors (Lipinski definition) is 1. The Balaban J connectivity index is 1.68. The maximum absolute atomic E-state index is 12.0. The Bertz CT molecular complexity index is 783. The van der Waals surface area contributed by atoms with E-state index in [4.69, 9.17) is 4.42 Å². The molecule has 2 bridgehead atoms. The monoisotopic (exact) mass is 327 g/mol. The number of nitrogens with zero attached hydrogens (tertiary/aromatic N) is 1. The number of fused-ring (bicyclic) bond motifs is 3. The molecule has 0 spiro atoms. The van der Waals surface area contributed by atoms with Crippen molar-refractivity contribution in [2.45, 2.75) is 57.7 Å². The molecule has 1 aromatic heterocycles. The fraction of sp³-hybridized carbons (Fsp3) is 0.550. The van der Waals surface area contributed by atoms with Crippen molar-refractivity contribution in [2.75, 3.05) is 6.61 Å². The molecule has 0 amide bonds. The Morgan fingerprint density at radius 1 is 1.21 bits per heavy atom. The highest BCUT2D eigenvalue weighted by atomic mass is 16.4. The first kappa shape index (κ1) is 15.9. The van der Waals surface area contributed by atoms with Gasteiger partial charge in [-0.2, -0.15) is 0 Å². The van der Waals surface area contributed by atoms with Crippen LogP contribution in [0.2, 0.25) is 0 Å². The average Bonchev–Trinajstić information content (AvgIpc) is 2.82. The molecule has 2 saturated heterocycles. The van der Waals surface area contributed by atoms with Crippen molar-refractivity contribution in [1.82, 2.24) is 4.90 Å². The van der Waals surface area contributed by atoms with Gasteiger partial charge in [-0.1, -0.05) is 13.0 Å². The summed E-state index contributed by atoms with van der Waals surface area (Å²) in [5.74, 6) is 0.447. The van der Waals surface area contributed by atoms with Gasteiger partial charge >= 0.3 is 5.63 Å². The molecule has 2 aliphatic heterocycles. The van der Waals surface area contributed by atoms with Crippen LogP contribution in [0.15, 0.2) is 33.5 Å². The topological polar surface area (TPSA) is 53.7 Å². The zero-order valence-corrected chi connectivity index (χ0v) is 14.2. The maximum Gasteiger partial charge on any atom is 0.336 e. The number of aryl methyl sites for hydroxylation is 1. The summed E-state index contributed by atoms with van der Waals surface area (Å²) in [5, 5.41) is 10.6. The summed E-state index contributed by atoms with van der Waals surface area (Å²) < 4.78 is 5.39. The molecular weight excluding hydrogens is 302 g/mol. The summed E-state index contributed by atoms with van der Waals surface area (Å²) in [7, 11) is 0. The summed E-state index contributed by atoms with van der Waals surface area (Å²) in [4.78, 5) is 14.5. The van der Waals surface area contributed by atoms with Gasteiger partial charge in [0.05, 0.1) is 0 Å². The lowest BCUT2D eigenvalue weighted by molar-refractivity contribution is 0.0685. The summed E-state index contributed by atoms with van der Waals surface area (Å²) in [6.45, 7) is 3.25. The molecule has 1 N–H and O–H groups in total. The number of hydrogen-bond acceptors (Lipinski definition) is 4. The minimum absolute atomic E-state index is 0.265. The van der Waals surface area contributed by atoms with E-state index in [1.807, 2.05) is 12.1 Å². The highest BCUT2D eigenvalue weighted by Crippen LogP contribution is 2.39. The Hall–Kier alpha value is -1.65.